The van der Waals surface area contributed by atoms with Gasteiger partial charge in [0.15, 0.2) is 5.82 Å². The van der Waals surface area contributed by atoms with Crippen LogP contribution in [0.15, 0.2) is 30.5 Å². The van der Waals surface area contributed by atoms with Gasteiger partial charge in [0.25, 0.3) is 0 Å². The predicted molar refractivity (Wildman–Crippen MR) is 68.2 cm³/mol. The molecule has 0 unspecified atom stereocenters. The number of tetrazole rings is 1. The molecule has 3 aromatic rings. The third-order valence-electron chi connectivity index (χ3n) is 3.00. The fourth-order valence-electron chi connectivity index (χ4n) is 2.14. The number of anilines is 2. The van der Waals surface area contributed by atoms with Crippen LogP contribution >= 0.6 is 0 Å². The Morgan fingerprint density at radius 1 is 1.21 bits per heavy atom. The molecule has 2 aromatic heterocycles. The maximum absolute atomic E-state index is 4.42. The van der Waals surface area contributed by atoms with Gasteiger partial charge in [-0.15, -0.1) is 5.10 Å². The van der Waals surface area contributed by atoms with Gasteiger partial charge in [0.05, 0.1) is 16.9 Å². The molecule has 3 heterocycles. The Labute approximate surface area is 108 Å². The first-order valence-electron chi connectivity index (χ1n) is 5.82. The molecule has 1 aromatic carbocycles. The second-order valence-electron chi connectivity index (χ2n) is 4.24. The third kappa shape index (κ3) is 1.41. The highest BCUT2D eigenvalue weighted by atomic mass is 15.5. The number of para-hydroxylation sites is 2. The zero-order valence-electron chi connectivity index (χ0n) is 10.1. The summed E-state index contributed by atoms with van der Waals surface area (Å²) in [5, 5.41) is 15.2. The van der Waals surface area contributed by atoms with Gasteiger partial charge in [-0.2, -0.15) is 4.68 Å². The van der Waals surface area contributed by atoms with E-state index in [4.69, 9.17) is 0 Å². The van der Waals surface area contributed by atoms with Crippen LogP contribution in [0.5, 0.6) is 0 Å². The van der Waals surface area contributed by atoms with Crippen molar-refractivity contribution >= 4 is 11.5 Å². The summed E-state index contributed by atoms with van der Waals surface area (Å²) in [4.78, 5) is 8.64. The maximum atomic E-state index is 4.42. The van der Waals surface area contributed by atoms with E-state index in [1.165, 1.54) is 0 Å². The zero-order chi connectivity index (χ0) is 12.8. The highest BCUT2D eigenvalue weighted by Crippen LogP contribution is 2.34. The number of hydrogen-bond acceptors (Lipinski definition) is 6. The molecule has 1 N–H and O–H groups in total. The molecule has 0 bridgehead atoms. The molecule has 4 rings (SSSR count). The average Bonchev–Trinajstić information content (AvgIpc) is 2.84. The van der Waals surface area contributed by atoms with Crippen molar-refractivity contribution in [2.75, 3.05) is 5.32 Å². The minimum atomic E-state index is 0.632. The summed E-state index contributed by atoms with van der Waals surface area (Å²) in [7, 11) is 0. The van der Waals surface area contributed by atoms with Gasteiger partial charge in [0.2, 0.25) is 0 Å². The van der Waals surface area contributed by atoms with Crippen molar-refractivity contribution in [3.63, 3.8) is 0 Å². The minimum Gasteiger partial charge on any atom is -0.338 e. The molecule has 0 radical (unpaired) electrons. The van der Waals surface area contributed by atoms with Crippen LogP contribution in [-0.4, -0.2) is 30.2 Å². The van der Waals surface area contributed by atoms with E-state index in [0.29, 0.717) is 17.5 Å². The van der Waals surface area contributed by atoms with E-state index in [9.17, 15) is 0 Å². The Balaban J connectivity index is 2.09. The van der Waals surface area contributed by atoms with Gasteiger partial charge in [-0.05, 0) is 29.5 Å². The van der Waals surface area contributed by atoms with E-state index in [-0.39, 0.29) is 0 Å². The second-order valence-corrected chi connectivity index (χ2v) is 4.24. The van der Waals surface area contributed by atoms with Crippen LogP contribution in [-0.2, 0) is 0 Å². The topological polar surface area (TPSA) is 81.4 Å². The molecule has 0 spiro atoms. The molecule has 0 fully saturated rings. The average molecular weight is 251 g/mol. The quantitative estimate of drug-likeness (QED) is 0.510. The van der Waals surface area contributed by atoms with Crippen LogP contribution in [0.2, 0.25) is 0 Å². The zero-order valence-corrected chi connectivity index (χ0v) is 10.1. The molecule has 0 atom stereocenters. The molecule has 1 aliphatic rings. The van der Waals surface area contributed by atoms with E-state index in [1.807, 2.05) is 31.2 Å². The van der Waals surface area contributed by atoms with Crippen molar-refractivity contribution in [3.8, 4) is 17.1 Å². The number of nitrogens with zero attached hydrogens (tertiary/aromatic N) is 6. The smallest absolute Gasteiger partial charge is 0.192 e. The monoisotopic (exact) mass is 251 g/mol. The number of rotatable bonds is 0. The standard InChI is InChI=1S/C12H9N7/c1-7-13-6-8-11(14-7)15-9-4-2-3-5-10(9)19-12(8)16-17-18-19/h2-6H,1H3,(H,13,14,15). The van der Waals surface area contributed by atoms with Gasteiger partial charge in [-0.25, -0.2) is 9.97 Å². The third-order valence-corrected chi connectivity index (χ3v) is 3.00. The molecule has 1 aliphatic heterocycles. The van der Waals surface area contributed by atoms with Gasteiger partial charge >= 0.3 is 0 Å². The minimum absolute atomic E-state index is 0.632. The van der Waals surface area contributed by atoms with Crippen molar-refractivity contribution < 1.29 is 0 Å². The maximum Gasteiger partial charge on any atom is 0.192 e. The number of aromatic nitrogens is 6. The van der Waals surface area contributed by atoms with Gasteiger partial charge in [-0.1, -0.05) is 12.1 Å². The molecule has 19 heavy (non-hydrogen) atoms. The molecular weight excluding hydrogens is 242 g/mol. The second kappa shape index (κ2) is 3.58. The fourth-order valence-corrected chi connectivity index (χ4v) is 2.14. The van der Waals surface area contributed by atoms with Crippen LogP contribution in [0, 0.1) is 6.92 Å². The van der Waals surface area contributed by atoms with Crippen LogP contribution in [0.4, 0.5) is 11.5 Å². The summed E-state index contributed by atoms with van der Waals surface area (Å²) in [5.41, 5.74) is 2.58. The number of fused-ring (bicyclic) bond motifs is 5. The molecule has 7 heteroatoms. The van der Waals surface area contributed by atoms with Crippen molar-refractivity contribution in [2.24, 2.45) is 0 Å². The van der Waals surface area contributed by atoms with Gasteiger partial charge in [0.1, 0.15) is 11.6 Å². The van der Waals surface area contributed by atoms with E-state index < -0.39 is 0 Å². The molecule has 0 saturated heterocycles. The van der Waals surface area contributed by atoms with Crippen molar-refractivity contribution in [1.29, 1.82) is 0 Å². The van der Waals surface area contributed by atoms with E-state index >= 15 is 0 Å². The summed E-state index contributed by atoms with van der Waals surface area (Å²) in [5.74, 6) is 2.05. The van der Waals surface area contributed by atoms with E-state index in [1.54, 1.807) is 10.9 Å². The Bertz CT molecular complexity index is 777. The first kappa shape index (κ1) is 10.1. The molecule has 0 amide bonds. The Kier molecular flexibility index (Phi) is 1.91. The largest absolute Gasteiger partial charge is 0.338 e. The van der Waals surface area contributed by atoms with Crippen LogP contribution < -0.4 is 5.32 Å². The van der Waals surface area contributed by atoms with E-state index in [2.05, 4.69) is 30.8 Å². The lowest BCUT2D eigenvalue weighted by atomic mass is 10.2. The number of hydrogen-bond donors (Lipinski definition) is 1. The summed E-state index contributed by atoms with van der Waals surface area (Å²) in [6.45, 7) is 1.85. The number of benzene rings is 1. The number of nitrogens with one attached hydrogen (secondary N) is 1. The van der Waals surface area contributed by atoms with Crippen molar-refractivity contribution in [3.05, 3.63) is 36.3 Å². The SMILES string of the molecule is Cc1ncc2c(n1)Nc1ccccc1-n1nnnc1-2. The van der Waals surface area contributed by atoms with Gasteiger partial charge < -0.3 is 5.32 Å². The molecule has 92 valence electrons. The highest BCUT2D eigenvalue weighted by molar-refractivity contribution is 5.81. The lowest BCUT2D eigenvalue weighted by molar-refractivity contribution is 0.793. The highest BCUT2D eigenvalue weighted by Gasteiger charge is 2.22. The Morgan fingerprint density at radius 3 is 3.05 bits per heavy atom. The fraction of sp³-hybridized carbons (Fsp3) is 0.0833. The van der Waals surface area contributed by atoms with E-state index in [0.717, 1.165) is 16.9 Å². The van der Waals surface area contributed by atoms with Crippen LogP contribution in [0.3, 0.4) is 0 Å². The van der Waals surface area contributed by atoms with Crippen LogP contribution in [0.25, 0.3) is 17.1 Å². The molecule has 7 nitrogen and oxygen atoms in total. The lowest BCUT2D eigenvalue weighted by Crippen LogP contribution is -1.99. The summed E-state index contributed by atoms with van der Waals surface area (Å²) >= 11 is 0. The first-order valence-corrected chi connectivity index (χ1v) is 5.82. The Morgan fingerprint density at radius 2 is 2.11 bits per heavy atom. The number of aryl methyl sites for hydroxylation is 1. The first-order chi connectivity index (χ1) is 9.33. The van der Waals surface area contributed by atoms with Crippen molar-refractivity contribution in [2.45, 2.75) is 6.92 Å². The molecule has 0 aliphatic carbocycles. The van der Waals surface area contributed by atoms with Gasteiger partial charge in [-0.3, -0.25) is 0 Å². The van der Waals surface area contributed by atoms with Crippen LogP contribution in [0.1, 0.15) is 5.82 Å². The lowest BCUT2D eigenvalue weighted by Gasteiger charge is -2.07. The normalized spacial score (nSPS) is 11.8. The Hall–Kier alpha value is -2.83. The van der Waals surface area contributed by atoms with Gasteiger partial charge in [0, 0.05) is 6.20 Å². The molecular formula is C12H9N7. The summed E-state index contributed by atoms with van der Waals surface area (Å²) < 4.78 is 1.69. The molecule has 0 saturated carbocycles. The summed E-state index contributed by atoms with van der Waals surface area (Å²) in [6, 6.07) is 7.81. The predicted octanol–water partition coefficient (Wildman–Crippen LogP) is 1.48. The van der Waals surface area contributed by atoms with Crippen molar-refractivity contribution in [1.82, 2.24) is 30.2 Å². The summed E-state index contributed by atoms with van der Waals surface area (Å²) in [6.07, 6.45) is 1.73.